The van der Waals surface area contributed by atoms with Crippen molar-refractivity contribution in [1.29, 1.82) is 5.26 Å². The second-order valence-electron chi connectivity index (χ2n) is 4.37. The second-order valence-corrected chi connectivity index (χ2v) is 4.37. The summed E-state index contributed by atoms with van der Waals surface area (Å²) in [5, 5.41) is 12.4. The minimum Gasteiger partial charge on any atom is -0.366 e. The van der Waals surface area contributed by atoms with Gasteiger partial charge in [0.15, 0.2) is 0 Å². The van der Waals surface area contributed by atoms with Crippen LogP contribution in [0.2, 0.25) is 0 Å². The number of hydrogen-bond donors (Lipinski definition) is 1. The summed E-state index contributed by atoms with van der Waals surface area (Å²) in [6.07, 6.45) is 5.76. The number of hydrogen-bond acceptors (Lipinski definition) is 3. The number of fused-ring (bicyclic) bond motifs is 1. The molecule has 76 valence electrons. The Hall–Kier alpha value is -1.56. The van der Waals surface area contributed by atoms with E-state index in [1.54, 1.807) is 0 Å². The molecule has 2 aliphatic carbocycles. The lowest BCUT2D eigenvalue weighted by atomic mass is 10.1. The monoisotopic (exact) mass is 199 g/mol. The van der Waals surface area contributed by atoms with E-state index in [0.29, 0.717) is 11.6 Å². The highest BCUT2D eigenvalue weighted by Crippen LogP contribution is 2.29. The summed E-state index contributed by atoms with van der Waals surface area (Å²) < 4.78 is 0. The molecule has 1 N–H and O–H groups in total. The lowest BCUT2D eigenvalue weighted by molar-refractivity contribution is 0.899. The van der Waals surface area contributed by atoms with Crippen molar-refractivity contribution in [2.24, 2.45) is 0 Å². The molecule has 1 fully saturated rings. The van der Waals surface area contributed by atoms with Crippen molar-refractivity contribution in [3.63, 3.8) is 0 Å². The third-order valence-electron chi connectivity index (χ3n) is 3.09. The van der Waals surface area contributed by atoms with Crippen molar-refractivity contribution < 1.29 is 0 Å². The average molecular weight is 199 g/mol. The lowest BCUT2D eigenvalue weighted by Crippen LogP contribution is -2.07. The van der Waals surface area contributed by atoms with Gasteiger partial charge in [-0.25, -0.2) is 4.98 Å². The third-order valence-corrected chi connectivity index (χ3v) is 3.09. The minimum absolute atomic E-state index is 0.559. The van der Waals surface area contributed by atoms with Gasteiger partial charge in [-0.05, 0) is 43.7 Å². The molecule has 3 rings (SSSR count). The molecule has 0 bridgehead atoms. The number of pyridine rings is 1. The number of rotatable bonds is 2. The third kappa shape index (κ3) is 1.56. The maximum Gasteiger partial charge on any atom is 0.144 e. The van der Waals surface area contributed by atoms with Gasteiger partial charge >= 0.3 is 0 Å². The van der Waals surface area contributed by atoms with E-state index in [2.05, 4.69) is 16.4 Å². The van der Waals surface area contributed by atoms with Gasteiger partial charge in [0.2, 0.25) is 0 Å². The molecule has 0 amide bonds. The fraction of sp³-hybridized carbons (Fsp3) is 0.500. The van der Waals surface area contributed by atoms with Gasteiger partial charge in [-0.2, -0.15) is 5.26 Å². The molecular weight excluding hydrogens is 186 g/mol. The number of aromatic nitrogens is 1. The number of nitrogens with zero attached hydrogens (tertiary/aromatic N) is 2. The highest BCUT2D eigenvalue weighted by molar-refractivity contribution is 5.56. The van der Waals surface area contributed by atoms with Crippen molar-refractivity contribution in [2.45, 2.75) is 38.1 Å². The van der Waals surface area contributed by atoms with Crippen LogP contribution in [0.3, 0.4) is 0 Å². The van der Waals surface area contributed by atoms with Gasteiger partial charge in [0.25, 0.3) is 0 Å². The number of nitrogens with one attached hydrogen (secondary N) is 1. The molecule has 2 aliphatic rings. The summed E-state index contributed by atoms with van der Waals surface area (Å²) in [7, 11) is 0. The van der Waals surface area contributed by atoms with Gasteiger partial charge in [0, 0.05) is 11.7 Å². The van der Waals surface area contributed by atoms with Crippen LogP contribution in [-0.2, 0) is 12.8 Å². The van der Waals surface area contributed by atoms with Crippen LogP contribution >= 0.6 is 0 Å². The molecule has 0 radical (unpaired) electrons. The minimum atomic E-state index is 0.559. The van der Waals surface area contributed by atoms with E-state index < -0.39 is 0 Å². The van der Waals surface area contributed by atoms with Crippen LogP contribution in [0.25, 0.3) is 0 Å². The molecular formula is C12H13N3. The molecule has 3 nitrogen and oxygen atoms in total. The lowest BCUT2D eigenvalue weighted by Gasteiger charge is -2.08. The van der Waals surface area contributed by atoms with E-state index in [1.165, 1.54) is 30.5 Å². The molecule has 0 aliphatic heterocycles. The van der Waals surface area contributed by atoms with Crippen LogP contribution < -0.4 is 5.32 Å². The van der Waals surface area contributed by atoms with Gasteiger partial charge < -0.3 is 5.32 Å². The Bertz CT molecular complexity index is 441. The Morgan fingerprint density at radius 1 is 1.40 bits per heavy atom. The van der Waals surface area contributed by atoms with E-state index in [9.17, 15) is 0 Å². The summed E-state index contributed by atoms with van der Waals surface area (Å²) in [5.74, 6) is 0.806. The maximum atomic E-state index is 9.05. The van der Waals surface area contributed by atoms with Crippen LogP contribution in [0.4, 0.5) is 5.82 Å². The predicted molar refractivity (Wildman–Crippen MR) is 57.6 cm³/mol. The zero-order chi connectivity index (χ0) is 10.3. The highest BCUT2D eigenvalue weighted by Gasteiger charge is 2.24. The standard InChI is InChI=1S/C12H13N3/c13-7-9-6-8-2-1-3-11(8)15-12(9)14-10-4-5-10/h6,10H,1-5H2,(H,14,15). The van der Waals surface area contributed by atoms with Crippen LogP contribution in [0.15, 0.2) is 6.07 Å². The molecule has 1 aromatic heterocycles. The molecule has 0 unspecified atom stereocenters. The summed E-state index contributed by atoms with van der Waals surface area (Å²) in [4.78, 5) is 4.57. The highest BCUT2D eigenvalue weighted by atomic mass is 15.0. The smallest absolute Gasteiger partial charge is 0.144 e. The first-order chi connectivity index (χ1) is 7.36. The Morgan fingerprint density at radius 3 is 3.00 bits per heavy atom. The molecule has 0 spiro atoms. The zero-order valence-electron chi connectivity index (χ0n) is 8.58. The first-order valence-corrected chi connectivity index (χ1v) is 5.56. The van der Waals surface area contributed by atoms with E-state index in [1.807, 2.05) is 6.07 Å². The average Bonchev–Trinajstić information content (AvgIpc) is 2.94. The van der Waals surface area contributed by atoms with Crippen molar-refractivity contribution >= 4 is 5.82 Å². The maximum absolute atomic E-state index is 9.05. The second kappa shape index (κ2) is 3.23. The van der Waals surface area contributed by atoms with E-state index >= 15 is 0 Å². The molecule has 1 heterocycles. The SMILES string of the molecule is N#Cc1cc2c(nc1NC1CC1)CCC2. The van der Waals surface area contributed by atoms with Gasteiger partial charge in [-0.3, -0.25) is 0 Å². The van der Waals surface area contributed by atoms with Gasteiger partial charge in [0.05, 0.1) is 5.56 Å². The Labute approximate surface area is 89.1 Å². The first-order valence-electron chi connectivity index (χ1n) is 5.56. The number of anilines is 1. The van der Waals surface area contributed by atoms with Gasteiger partial charge in [-0.1, -0.05) is 0 Å². The van der Waals surface area contributed by atoms with E-state index in [4.69, 9.17) is 5.26 Å². The van der Waals surface area contributed by atoms with Crippen molar-refractivity contribution in [2.75, 3.05) is 5.32 Å². The quantitative estimate of drug-likeness (QED) is 0.792. The summed E-state index contributed by atoms with van der Waals surface area (Å²) in [6, 6.07) is 4.81. The molecule has 1 aromatic rings. The Morgan fingerprint density at radius 2 is 2.27 bits per heavy atom. The Kier molecular flexibility index (Phi) is 1.88. The van der Waals surface area contributed by atoms with Gasteiger partial charge in [0.1, 0.15) is 11.9 Å². The molecule has 0 aromatic carbocycles. The topological polar surface area (TPSA) is 48.7 Å². The van der Waals surface area contributed by atoms with Crippen LogP contribution in [0.5, 0.6) is 0 Å². The predicted octanol–water partition coefficient (Wildman–Crippen LogP) is 2.02. The number of aryl methyl sites for hydroxylation is 2. The zero-order valence-corrected chi connectivity index (χ0v) is 8.58. The molecule has 3 heteroatoms. The number of nitriles is 1. The fourth-order valence-corrected chi connectivity index (χ4v) is 2.09. The van der Waals surface area contributed by atoms with Crippen molar-refractivity contribution in [3.05, 3.63) is 22.9 Å². The Balaban J connectivity index is 2.00. The summed E-state index contributed by atoms with van der Waals surface area (Å²) in [6.45, 7) is 0. The first kappa shape index (κ1) is 8.72. The van der Waals surface area contributed by atoms with Crippen LogP contribution in [0.1, 0.15) is 36.1 Å². The largest absolute Gasteiger partial charge is 0.366 e. The normalized spacial score (nSPS) is 18.3. The molecule has 1 saturated carbocycles. The van der Waals surface area contributed by atoms with Crippen LogP contribution in [0, 0.1) is 11.3 Å². The van der Waals surface area contributed by atoms with E-state index in [-0.39, 0.29) is 0 Å². The van der Waals surface area contributed by atoms with E-state index in [0.717, 1.165) is 18.7 Å². The van der Waals surface area contributed by atoms with Crippen molar-refractivity contribution in [3.8, 4) is 6.07 Å². The van der Waals surface area contributed by atoms with Crippen LogP contribution in [-0.4, -0.2) is 11.0 Å². The van der Waals surface area contributed by atoms with Crippen molar-refractivity contribution in [1.82, 2.24) is 4.98 Å². The molecule has 15 heavy (non-hydrogen) atoms. The summed E-state index contributed by atoms with van der Waals surface area (Å²) in [5.41, 5.74) is 3.17. The van der Waals surface area contributed by atoms with Gasteiger partial charge in [-0.15, -0.1) is 0 Å². The fourth-order valence-electron chi connectivity index (χ4n) is 2.09. The molecule has 0 saturated heterocycles. The molecule has 0 atom stereocenters. The summed E-state index contributed by atoms with van der Waals surface area (Å²) >= 11 is 0.